The third-order valence-corrected chi connectivity index (χ3v) is 5.93. The minimum absolute atomic E-state index is 0. The summed E-state index contributed by atoms with van der Waals surface area (Å²) in [5.41, 5.74) is 5.92. The number of nitrogens with one attached hydrogen (secondary N) is 2. The third kappa shape index (κ3) is 7.10. The molecule has 0 aliphatic carbocycles. The number of hydrogen-bond acceptors (Lipinski definition) is 5. The van der Waals surface area contributed by atoms with Gasteiger partial charge in [0.25, 0.3) is 0 Å². The van der Waals surface area contributed by atoms with Crippen molar-refractivity contribution >= 4 is 41.3 Å². The van der Waals surface area contributed by atoms with E-state index in [4.69, 9.17) is 0 Å². The first-order valence-corrected chi connectivity index (χ1v) is 11.4. The van der Waals surface area contributed by atoms with E-state index in [0.29, 0.717) is 13.1 Å². The van der Waals surface area contributed by atoms with Crippen LogP contribution in [0.3, 0.4) is 0 Å². The molecular weight excluding hydrogens is 545 g/mol. The number of rotatable bonds is 8. The Morgan fingerprint density at radius 2 is 1.91 bits per heavy atom. The molecule has 0 atom stereocenters. The molecule has 0 radical (unpaired) electrons. The molecule has 0 aliphatic heterocycles. The van der Waals surface area contributed by atoms with Crippen molar-refractivity contribution < 1.29 is 0 Å². The van der Waals surface area contributed by atoms with E-state index < -0.39 is 0 Å². The van der Waals surface area contributed by atoms with Crippen LogP contribution in [0.25, 0.3) is 11.1 Å². The van der Waals surface area contributed by atoms with Crippen LogP contribution in [0.5, 0.6) is 0 Å². The van der Waals surface area contributed by atoms with Crippen LogP contribution in [-0.4, -0.2) is 39.3 Å². The van der Waals surface area contributed by atoms with Gasteiger partial charge < -0.3 is 10.6 Å². The Balaban J connectivity index is 0.00000306. The predicted octanol–water partition coefficient (Wildman–Crippen LogP) is 4.28. The zero-order valence-corrected chi connectivity index (χ0v) is 21.9. The van der Waals surface area contributed by atoms with E-state index in [1.807, 2.05) is 11.6 Å². The number of nitrogens with zero attached hydrogens (tertiary/aromatic N) is 5. The molecule has 7 nitrogen and oxygen atoms in total. The van der Waals surface area contributed by atoms with Gasteiger partial charge in [0.15, 0.2) is 5.96 Å². The van der Waals surface area contributed by atoms with Crippen LogP contribution in [0.1, 0.15) is 21.8 Å². The molecule has 2 aromatic heterocycles. The lowest BCUT2D eigenvalue weighted by atomic mass is 9.98. The SMILES string of the molecule is CN=C(NCCc1csc(C)n1)NCc1ccccc1-c1ccc(Cn2cncn2)cc1.I. The molecule has 0 saturated heterocycles. The topological polar surface area (TPSA) is 80.0 Å². The first-order valence-electron chi connectivity index (χ1n) is 10.6. The van der Waals surface area contributed by atoms with Crippen molar-refractivity contribution in [2.45, 2.75) is 26.4 Å². The maximum Gasteiger partial charge on any atom is 0.191 e. The number of guanidine groups is 1. The Morgan fingerprint density at radius 1 is 1.09 bits per heavy atom. The molecule has 4 rings (SSSR count). The van der Waals surface area contributed by atoms with Crippen LogP contribution in [0.2, 0.25) is 0 Å². The summed E-state index contributed by atoms with van der Waals surface area (Å²) in [5, 5.41) is 14.2. The first kappa shape index (κ1) is 24.8. The van der Waals surface area contributed by atoms with Crippen molar-refractivity contribution in [3.8, 4) is 11.1 Å². The van der Waals surface area contributed by atoms with E-state index >= 15 is 0 Å². The molecule has 172 valence electrons. The average Bonchev–Trinajstić information content (AvgIpc) is 3.48. The second-order valence-electron chi connectivity index (χ2n) is 7.41. The maximum atomic E-state index is 4.51. The lowest BCUT2D eigenvalue weighted by Gasteiger charge is -2.14. The van der Waals surface area contributed by atoms with E-state index in [1.165, 1.54) is 22.3 Å². The highest BCUT2D eigenvalue weighted by Crippen LogP contribution is 2.24. The highest BCUT2D eigenvalue weighted by atomic mass is 127. The van der Waals surface area contributed by atoms with Gasteiger partial charge in [0.05, 0.1) is 17.2 Å². The molecule has 9 heteroatoms. The number of benzene rings is 2. The summed E-state index contributed by atoms with van der Waals surface area (Å²) >= 11 is 1.69. The maximum absolute atomic E-state index is 4.51. The van der Waals surface area contributed by atoms with Gasteiger partial charge in [-0.05, 0) is 29.2 Å². The molecule has 0 saturated carbocycles. The van der Waals surface area contributed by atoms with Gasteiger partial charge in [0.2, 0.25) is 0 Å². The molecule has 0 fully saturated rings. The highest BCUT2D eigenvalue weighted by Gasteiger charge is 2.07. The summed E-state index contributed by atoms with van der Waals surface area (Å²) in [6, 6.07) is 17.1. The lowest BCUT2D eigenvalue weighted by Crippen LogP contribution is -2.38. The molecule has 0 spiro atoms. The monoisotopic (exact) mass is 573 g/mol. The van der Waals surface area contributed by atoms with Gasteiger partial charge >= 0.3 is 0 Å². The normalized spacial score (nSPS) is 11.2. The van der Waals surface area contributed by atoms with Gasteiger partial charge in [0.1, 0.15) is 12.7 Å². The molecule has 2 heterocycles. The number of aryl methyl sites for hydroxylation is 1. The quantitative estimate of drug-likeness (QED) is 0.187. The summed E-state index contributed by atoms with van der Waals surface area (Å²) in [5.74, 6) is 0.787. The van der Waals surface area contributed by atoms with Crippen LogP contribution in [0.15, 0.2) is 71.6 Å². The van der Waals surface area contributed by atoms with Crippen molar-refractivity contribution in [2.24, 2.45) is 4.99 Å². The largest absolute Gasteiger partial charge is 0.356 e. The Morgan fingerprint density at radius 3 is 2.61 bits per heavy atom. The van der Waals surface area contributed by atoms with Gasteiger partial charge in [-0.3, -0.25) is 4.99 Å². The first-order chi connectivity index (χ1) is 15.7. The fraction of sp³-hybridized carbons (Fsp3) is 0.250. The standard InChI is InChI=1S/C24H27N7S.HI/c1-18-30-22(15-32-18)11-12-27-24(25-2)28-13-21-5-3-4-6-23(21)20-9-7-19(8-10-20)14-31-17-26-16-29-31;/h3-10,15-17H,11-14H2,1-2H3,(H2,25,27,28);1H. The summed E-state index contributed by atoms with van der Waals surface area (Å²) in [7, 11) is 1.79. The van der Waals surface area contributed by atoms with Crippen LogP contribution >= 0.6 is 35.3 Å². The van der Waals surface area contributed by atoms with Gasteiger partial charge in [-0.2, -0.15) is 5.10 Å². The minimum Gasteiger partial charge on any atom is -0.356 e. The minimum atomic E-state index is 0. The average molecular weight is 574 g/mol. The second-order valence-corrected chi connectivity index (χ2v) is 8.47. The summed E-state index contributed by atoms with van der Waals surface area (Å²) in [6.07, 6.45) is 4.16. The van der Waals surface area contributed by atoms with Gasteiger partial charge in [-0.15, -0.1) is 35.3 Å². The van der Waals surface area contributed by atoms with Crippen molar-refractivity contribution in [3.05, 3.63) is 88.4 Å². The molecule has 0 amide bonds. The van der Waals surface area contributed by atoms with Crippen LogP contribution in [0, 0.1) is 6.92 Å². The van der Waals surface area contributed by atoms with Crippen LogP contribution in [-0.2, 0) is 19.5 Å². The fourth-order valence-electron chi connectivity index (χ4n) is 3.48. The van der Waals surface area contributed by atoms with E-state index in [-0.39, 0.29) is 24.0 Å². The van der Waals surface area contributed by atoms with Crippen molar-refractivity contribution in [2.75, 3.05) is 13.6 Å². The predicted molar refractivity (Wildman–Crippen MR) is 145 cm³/mol. The zero-order chi connectivity index (χ0) is 22.2. The Kier molecular flexibility index (Phi) is 9.37. The fourth-order valence-corrected chi connectivity index (χ4v) is 4.13. The second kappa shape index (κ2) is 12.4. The highest BCUT2D eigenvalue weighted by molar-refractivity contribution is 14.0. The van der Waals surface area contributed by atoms with E-state index in [9.17, 15) is 0 Å². The lowest BCUT2D eigenvalue weighted by molar-refractivity contribution is 0.685. The number of aliphatic imine (C=N–C) groups is 1. The van der Waals surface area contributed by atoms with Gasteiger partial charge in [0, 0.05) is 31.9 Å². The summed E-state index contributed by atoms with van der Waals surface area (Å²) < 4.78 is 1.82. The molecule has 0 bridgehead atoms. The molecule has 0 unspecified atom stereocenters. The van der Waals surface area contributed by atoms with Crippen LogP contribution < -0.4 is 10.6 Å². The Labute approximate surface area is 215 Å². The Bertz CT molecular complexity index is 1150. The van der Waals surface area contributed by atoms with Crippen LogP contribution in [0.4, 0.5) is 0 Å². The van der Waals surface area contributed by atoms with Gasteiger partial charge in [-0.25, -0.2) is 14.6 Å². The van der Waals surface area contributed by atoms with Crippen molar-refractivity contribution in [3.63, 3.8) is 0 Å². The number of hydrogen-bond donors (Lipinski definition) is 2. The summed E-state index contributed by atoms with van der Waals surface area (Å²) in [6.45, 7) is 4.22. The number of halogens is 1. The van der Waals surface area contributed by atoms with E-state index in [2.05, 4.69) is 84.6 Å². The third-order valence-electron chi connectivity index (χ3n) is 5.10. The molecule has 4 aromatic rings. The number of aromatic nitrogens is 4. The molecular formula is C24H28IN7S. The Hall–Kier alpha value is -2.79. The zero-order valence-electron chi connectivity index (χ0n) is 18.7. The summed E-state index contributed by atoms with van der Waals surface area (Å²) in [4.78, 5) is 12.9. The van der Waals surface area contributed by atoms with Crippen molar-refractivity contribution in [1.82, 2.24) is 30.4 Å². The van der Waals surface area contributed by atoms with E-state index in [1.54, 1.807) is 31.0 Å². The molecule has 0 aliphatic rings. The molecule has 2 aromatic carbocycles. The van der Waals surface area contributed by atoms with E-state index in [0.717, 1.165) is 29.6 Å². The van der Waals surface area contributed by atoms with Crippen molar-refractivity contribution in [1.29, 1.82) is 0 Å². The molecule has 33 heavy (non-hydrogen) atoms. The number of thiazole rings is 1. The molecule has 2 N–H and O–H groups in total. The smallest absolute Gasteiger partial charge is 0.191 e. The van der Waals surface area contributed by atoms with Gasteiger partial charge in [-0.1, -0.05) is 48.5 Å².